The summed E-state index contributed by atoms with van der Waals surface area (Å²) in [5, 5.41) is 0.599. The van der Waals surface area contributed by atoms with Crippen LogP contribution >= 0.6 is 11.6 Å². The van der Waals surface area contributed by atoms with Crippen LogP contribution in [0.5, 0.6) is 0 Å². The van der Waals surface area contributed by atoms with E-state index in [0.29, 0.717) is 22.2 Å². The largest absolute Gasteiger partial charge is 0.463 e. The summed E-state index contributed by atoms with van der Waals surface area (Å²) in [4.78, 5) is 16.0. The average Bonchev–Trinajstić information content (AvgIpc) is 2.91. The molecule has 1 aromatic heterocycles. The van der Waals surface area contributed by atoms with Crippen molar-refractivity contribution in [2.45, 2.75) is 6.61 Å². The number of rotatable bonds is 6. The Bertz CT molecular complexity index is 608. The first-order chi connectivity index (χ1) is 10.2. The summed E-state index contributed by atoms with van der Waals surface area (Å²) in [5.74, 6) is -0.305. The van der Waals surface area contributed by atoms with Crippen LogP contribution in [0.4, 0.5) is 0 Å². The molecule has 0 bridgehead atoms. The zero-order valence-corrected chi connectivity index (χ0v) is 12.3. The van der Waals surface area contributed by atoms with Crippen LogP contribution in [-0.2, 0) is 20.8 Å². The topological polar surface area (TPSA) is 70.8 Å². The summed E-state index contributed by atoms with van der Waals surface area (Å²) < 4.78 is 20.1. The van der Waals surface area contributed by atoms with E-state index in [1.54, 1.807) is 24.3 Å². The van der Waals surface area contributed by atoms with E-state index in [1.165, 1.54) is 14.2 Å². The molecule has 0 saturated carbocycles. The van der Waals surface area contributed by atoms with Crippen molar-refractivity contribution in [2.75, 3.05) is 21.0 Å². The van der Waals surface area contributed by atoms with Crippen molar-refractivity contribution >= 4 is 17.6 Å². The van der Waals surface area contributed by atoms with Gasteiger partial charge >= 0.3 is 5.97 Å². The van der Waals surface area contributed by atoms with E-state index in [9.17, 15) is 4.79 Å². The van der Waals surface area contributed by atoms with E-state index in [1.807, 2.05) is 0 Å². The normalized spacial score (nSPS) is 10.6. The van der Waals surface area contributed by atoms with Gasteiger partial charge in [0.15, 0.2) is 0 Å². The van der Waals surface area contributed by atoms with Crippen molar-refractivity contribution < 1.29 is 23.4 Å². The van der Waals surface area contributed by atoms with Gasteiger partial charge in [-0.05, 0) is 24.3 Å². The van der Waals surface area contributed by atoms with Crippen molar-refractivity contribution in [1.82, 2.24) is 4.98 Å². The first-order valence-electron chi connectivity index (χ1n) is 6.06. The molecular formula is C14H14ClNO5. The first kappa shape index (κ1) is 15.5. The molecule has 1 aromatic carbocycles. The molecule has 0 radical (unpaired) electrons. The van der Waals surface area contributed by atoms with Crippen molar-refractivity contribution in [3.05, 3.63) is 40.7 Å². The molecule has 6 nitrogen and oxygen atoms in total. The number of benzene rings is 1. The smallest absolute Gasteiger partial charge is 0.376 e. The minimum Gasteiger partial charge on any atom is -0.463 e. The van der Waals surface area contributed by atoms with E-state index in [-0.39, 0.29) is 19.2 Å². The van der Waals surface area contributed by atoms with Crippen LogP contribution in [0, 0.1) is 0 Å². The van der Waals surface area contributed by atoms with E-state index >= 15 is 0 Å². The molecule has 2 rings (SSSR count). The minimum atomic E-state index is -0.612. The van der Waals surface area contributed by atoms with Crippen molar-refractivity contribution in [1.29, 1.82) is 0 Å². The third-order valence-electron chi connectivity index (χ3n) is 2.60. The minimum absolute atomic E-state index is 0.0125. The Balaban J connectivity index is 2.30. The standard InChI is InChI=1S/C14H14ClNO5/c1-18-8-20-7-11-12(14(17)19-2)21-13(16-11)9-3-5-10(15)6-4-9/h3-6H,7-8H2,1-2H3. The summed E-state index contributed by atoms with van der Waals surface area (Å²) in [7, 11) is 2.77. The zero-order valence-electron chi connectivity index (χ0n) is 11.6. The number of carbonyl (C=O) groups excluding carboxylic acids is 1. The second kappa shape index (κ2) is 7.21. The highest BCUT2D eigenvalue weighted by Gasteiger charge is 2.21. The van der Waals surface area contributed by atoms with Gasteiger partial charge in [-0.3, -0.25) is 0 Å². The van der Waals surface area contributed by atoms with Crippen LogP contribution < -0.4 is 0 Å². The van der Waals surface area contributed by atoms with Gasteiger partial charge in [0, 0.05) is 17.7 Å². The lowest BCUT2D eigenvalue weighted by molar-refractivity contribution is -0.0404. The number of oxazole rings is 1. The summed E-state index contributed by atoms with van der Waals surface area (Å²) in [6.07, 6.45) is 0. The highest BCUT2D eigenvalue weighted by molar-refractivity contribution is 6.30. The maximum Gasteiger partial charge on any atom is 0.376 e. The number of methoxy groups -OCH3 is 2. The number of halogens is 1. The van der Waals surface area contributed by atoms with Crippen LogP contribution in [0.25, 0.3) is 11.5 Å². The van der Waals surface area contributed by atoms with E-state index in [0.717, 1.165) is 0 Å². The molecule has 0 amide bonds. The molecule has 0 aliphatic carbocycles. The number of hydrogen-bond acceptors (Lipinski definition) is 6. The predicted octanol–water partition coefficient (Wildman–Crippen LogP) is 2.90. The van der Waals surface area contributed by atoms with E-state index in [4.69, 9.17) is 25.5 Å². The molecule has 0 saturated heterocycles. The average molecular weight is 312 g/mol. The third-order valence-corrected chi connectivity index (χ3v) is 2.85. The zero-order chi connectivity index (χ0) is 15.2. The van der Waals surface area contributed by atoms with Crippen LogP contribution in [0.1, 0.15) is 16.2 Å². The van der Waals surface area contributed by atoms with Gasteiger partial charge in [-0.2, -0.15) is 0 Å². The second-order valence-corrected chi connectivity index (χ2v) is 4.48. The Hall–Kier alpha value is -1.89. The number of aromatic nitrogens is 1. The Morgan fingerprint density at radius 3 is 2.62 bits per heavy atom. The Labute approximate surface area is 126 Å². The van der Waals surface area contributed by atoms with E-state index < -0.39 is 5.97 Å². The fourth-order valence-corrected chi connectivity index (χ4v) is 1.77. The Morgan fingerprint density at radius 1 is 1.29 bits per heavy atom. The van der Waals surface area contributed by atoms with Gasteiger partial charge in [-0.1, -0.05) is 11.6 Å². The molecular weight excluding hydrogens is 298 g/mol. The van der Waals surface area contributed by atoms with E-state index in [2.05, 4.69) is 9.72 Å². The van der Waals surface area contributed by atoms with Crippen molar-refractivity contribution in [2.24, 2.45) is 0 Å². The van der Waals surface area contributed by atoms with Crippen molar-refractivity contribution in [3.8, 4) is 11.5 Å². The maximum absolute atomic E-state index is 11.7. The maximum atomic E-state index is 11.7. The number of nitrogens with zero attached hydrogens (tertiary/aromatic N) is 1. The lowest BCUT2D eigenvalue weighted by atomic mass is 10.2. The van der Waals surface area contributed by atoms with Gasteiger partial charge in [0.05, 0.1) is 13.7 Å². The quantitative estimate of drug-likeness (QED) is 0.464. The lowest BCUT2D eigenvalue weighted by Gasteiger charge is -2.00. The third kappa shape index (κ3) is 3.81. The molecule has 0 spiro atoms. The second-order valence-electron chi connectivity index (χ2n) is 4.05. The fraction of sp³-hybridized carbons (Fsp3) is 0.286. The van der Waals surface area contributed by atoms with Crippen LogP contribution in [0.15, 0.2) is 28.7 Å². The summed E-state index contributed by atoms with van der Waals surface area (Å²) in [6.45, 7) is 0.166. The molecule has 0 N–H and O–H groups in total. The summed E-state index contributed by atoms with van der Waals surface area (Å²) in [5.41, 5.74) is 1.05. The number of ether oxygens (including phenoxy) is 3. The molecule has 112 valence electrons. The van der Waals surface area contributed by atoms with Crippen molar-refractivity contribution in [3.63, 3.8) is 0 Å². The van der Waals surface area contributed by atoms with Crippen LogP contribution in [0.3, 0.4) is 0 Å². The van der Waals surface area contributed by atoms with Gasteiger partial charge in [0.1, 0.15) is 12.5 Å². The van der Waals surface area contributed by atoms with Gasteiger partial charge in [0.25, 0.3) is 0 Å². The highest BCUT2D eigenvalue weighted by atomic mass is 35.5. The number of carbonyl (C=O) groups is 1. The fourth-order valence-electron chi connectivity index (χ4n) is 1.64. The van der Waals surface area contributed by atoms with Crippen LogP contribution in [-0.4, -0.2) is 32.0 Å². The van der Waals surface area contributed by atoms with Gasteiger partial charge in [-0.15, -0.1) is 0 Å². The molecule has 0 aliphatic heterocycles. The van der Waals surface area contributed by atoms with Crippen LogP contribution in [0.2, 0.25) is 5.02 Å². The number of hydrogen-bond donors (Lipinski definition) is 0. The van der Waals surface area contributed by atoms with Gasteiger partial charge < -0.3 is 18.6 Å². The lowest BCUT2D eigenvalue weighted by Crippen LogP contribution is -2.06. The predicted molar refractivity (Wildman–Crippen MR) is 75.0 cm³/mol. The molecule has 2 aromatic rings. The monoisotopic (exact) mass is 311 g/mol. The van der Waals surface area contributed by atoms with Gasteiger partial charge in [0.2, 0.25) is 11.7 Å². The molecule has 0 aliphatic rings. The molecule has 0 atom stereocenters. The first-order valence-corrected chi connectivity index (χ1v) is 6.44. The highest BCUT2D eigenvalue weighted by Crippen LogP contribution is 2.24. The Kier molecular flexibility index (Phi) is 5.32. The Morgan fingerprint density at radius 2 is 2.00 bits per heavy atom. The molecule has 21 heavy (non-hydrogen) atoms. The molecule has 0 unspecified atom stereocenters. The van der Waals surface area contributed by atoms with Gasteiger partial charge in [-0.25, -0.2) is 9.78 Å². The SMILES string of the molecule is COCOCc1nc(-c2ccc(Cl)cc2)oc1C(=O)OC. The molecule has 7 heteroatoms. The molecule has 0 fully saturated rings. The summed E-state index contributed by atoms with van der Waals surface area (Å²) >= 11 is 5.83. The number of esters is 1. The summed E-state index contributed by atoms with van der Waals surface area (Å²) in [6, 6.07) is 6.91. The molecule has 1 heterocycles.